The molecule has 4 heterocycles. The maximum Gasteiger partial charge on any atom is 0.235 e. The fraction of sp³-hybridized carbons (Fsp3) is 0. The summed E-state index contributed by atoms with van der Waals surface area (Å²) in [6.07, 6.45) is 0. The number of hydrogen-bond donors (Lipinski definition) is 0. The predicted molar refractivity (Wildman–Crippen MR) is 263 cm³/mol. The Morgan fingerprint density at radius 2 is 1.03 bits per heavy atom. The molecule has 0 saturated heterocycles. The molecule has 0 radical (unpaired) electrons. The lowest BCUT2D eigenvalue weighted by atomic mass is 9.96. The van der Waals surface area contributed by atoms with E-state index in [4.69, 9.17) is 9.97 Å². The highest BCUT2D eigenvalue weighted by Crippen LogP contribution is 2.49. The molecule has 0 saturated carbocycles. The summed E-state index contributed by atoms with van der Waals surface area (Å²) in [7, 11) is 0. The van der Waals surface area contributed by atoms with Crippen LogP contribution < -0.4 is 0 Å². The topological polar surface area (TPSA) is 30.7 Å². The number of nitrogens with zero attached hydrogens (tertiary/aromatic N) is 3. The van der Waals surface area contributed by atoms with E-state index < -0.39 is 0 Å². The van der Waals surface area contributed by atoms with Crippen molar-refractivity contribution in [3.05, 3.63) is 188 Å². The number of benzene rings is 10. The molecule has 10 aromatic carbocycles. The normalized spacial score (nSPS) is 12.3. The minimum absolute atomic E-state index is 0.669. The molecule has 0 amide bonds. The molecule has 3 nitrogen and oxygen atoms in total. The standard InChI is InChI=1S/C56H31N3S2/c1-3-15-36-32(12-1)14-11-21-41(36)53-52-37-16-4-2-13-33(37)25-28-45(52)57-56(58-53)59-46-22-9-7-20-42(46)50-39-18-5-6-19-40(39)51-43-27-24-35(31-49(43)61-55(51)54(50)59)34-26-29-48-44(30-34)38-17-8-10-23-47(38)60-48/h1-31H. The molecule has 0 aliphatic heterocycles. The molecule has 0 aliphatic rings. The molecule has 0 unspecified atom stereocenters. The van der Waals surface area contributed by atoms with Crippen molar-refractivity contribution in [1.29, 1.82) is 0 Å². The van der Waals surface area contributed by atoms with Gasteiger partial charge in [-0.25, -0.2) is 9.97 Å². The van der Waals surface area contributed by atoms with Gasteiger partial charge in [0.15, 0.2) is 0 Å². The van der Waals surface area contributed by atoms with Gasteiger partial charge in [0.2, 0.25) is 5.95 Å². The van der Waals surface area contributed by atoms with Crippen molar-refractivity contribution >= 4 is 128 Å². The van der Waals surface area contributed by atoms with Gasteiger partial charge in [-0.3, -0.25) is 4.57 Å². The number of para-hydroxylation sites is 1. The molecule has 0 N–H and O–H groups in total. The summed E-state index contributed by atoms with van der Waals surface area (Å²) in [5.41, 5.74) is 7.66. The van der Waals surface area contributed by atoms with Crippen molar-refractivity contribution in [2.45, 2.75) is 0 Å². The van der Waals surface area contributed by atoms with Crippen molar-refractivity contribution in [3.8, 4) is 28.3 Å². The number of hydrogen-bond acceptors (Lipinski definition) is 4. The second kappa shape index (κ2) is 12.5. The molecular weight excluding hydrogens is 779 g/mol. The van der Waals surface area contributed by atoms with Crippen molar-refractivity contribution in [1.82, 2.24) is 14.5 Å². The molecule has 282 valence electrons. The van der Waals surface area contributed by atoms with Crippen LogP contribution in [0.2, 0.25) is 0 Å². The average Bonchev–Trinajstić information content (AvgIpc) is 4.01. The van der Waals surface area contributed by atoms with E-state index in [1.54, 1.807) is 0 Å². The Morgan fingerprint density at radius 1 is 0.377 bits per heavy atom. The van der Waals surface area contributed by atoms with Crippen LogP contribution in [-0.2, 0) is 0 Å². The summed E-state index contributed by atoms with van der Waals surface area (Å²) in [5.74, 6) is 0.669. The summed E-state index contributed by atoms with van der Waals surface area (Å²) < 4.78 is 7.51. The van der Waals surface area contributed by atoms with E-state index in [0.29, 0.717) is 5.95 Å². The highest BCUT2D eigenvalue weighted by Gasteiger charge is 2.25. The Hall–Kier alpha value is -7.44. The smallest absolute Gasteiger partial charge is 0.235 e. The van der Waals surface area contributed by atoms with Gasteiger partial charge in [-0.05, 0) is 79.8 Å². The molecule has 14 aromatic rings. The van der Waals surface area contributed by atoms with E-state index in [9.17, 15) is 0 Å². The van der Waals surface area contributed by atoms with Crippen molar-refractivity contribution in [3.63, 3.8) is 0 Å². The number of aromatic nitrogens is 3. The molecule has 14 rings (SSSR count). The Bertz CT molecular complexity index is 4180. The average molecular weight is 810 g/mol. The van der Waals surface area contributed by atoms with Gasteiger partial charge in [-0.1, -0.05) is 152 Å². The molecule has 0 atom stereocenters. The lowest BCUT2D eigenvalue weighted by Gasteiger charge is -2.15. The Labute approximate surface area is 357 Å². The predicted octanol–water partition coefficient (Wildman–Crippen LogP) is 16.3. The zero-order valence-electron chi connectivity index (χ0n) is 32.6. The quantitative estimate of drug-likeness (QED) is 0.166. The highest BCUT2D eigenvalue weighted by molar-refractivity contribution is 7.27. The van der Waals surface area contributed by atoms with E-state index >= 15 is 0 Å². The summed E-state index contributed by atoms with van der Waals surface area (Å²) in [6.45, 7) is 0. The van der Waals surface area contributed by atoms with Crippen LogP contribution in [0.1, 0.15) is 0 Å². The molecule has 61 heavy (non-hydrogen) atoms. The van der Waals surface area contributed by atoms with Crippen LogP contribution in [0.15, 0.2) is 188 Å². The maximum absolute atomic E-state index is 5.71. The van der Waals surface area contributed by atoms with Crippen LogP contribution in [0.3, 0.4) is 0 Å². The van der Waals surface area contributed by atoms with Crippen LogP contribution >= 0.6 is 22.7 Å². The Kier molecular flexibility index (Phi) is 6.87. The lowest BCUT2D eigenvalue weighted by Crippen LogP contribution is -2.04. The van der Waals surface area contributed by atoms with Crippen LogP contribution in [0.4, 0.5) is 0 Å². The Morgan fingerprint density at radius 3 is 1.90 bits per heavy atom. The first kappa shape index (κ1) is 33.4. The van der Waals surface area contributed by atoms with Gasteiger partial charge in [0.25, 0.3) is 0 Å². The zero-order chi connectivity index (χ0) is 39.8. The summed E-state index contributed by atoms with van der Waals surface area (Å²) in [4.78, 5) is 11.2. The Balaban J connectivity index is 1.10. The van der Waals surface area contributed by atoms with Gasteiger partial charge >= 0.3 is 0 Å². The van der Waals surface area contributed by atoms with E-state index in [0.717, 1.165) is 38.6 Å². The molecule has 0 spiro atoms. The van der Waals surface area contributed by atoms with Gasteiger partial charge in [-0.15, -0.1) is 22.7 Å². The molecule has 0 bridgehead atoms. The van der Waals surface area contributed by atoms with Crippen LogP contribution in [0.25, 0.3) is 134 Å². The fourth-order valence-corrected chi connectivity index (χ4v) is 12.5. The molecule has 5 heteroatoms. The van der Waals surface area contributed by atoms with Gasteiger partial charge in [0, 0.05) is 57.4 Å². The van der Waals surface area contributed by atoms with Gasteiger partial charge < -0.3 is 0 Å². The van der Waals surface area contributed by atoms with Gasteiger partial charge in [0.05, 0.1) is 26.9 Å². The lowest BCUT2D eigenvalue weighted by molar-refractivity contribution is 1.02. The minimum atomic E-state index is 0.669. The van der Waals surface area contributed by atoms with Crippen LogP contribution in [0.5, 0.6) is 0 Å². The van der Waals surface area contributed by atoms with Gasteiger partial charge in [-0.2, -0.15) is 0 Å². The first-order chi connectivity index (χ1) is 30.2. The zero-order valence-corrected chi connectivity index (χ0v) is 34.2. The van der Waals surface area contributed by atoms with E-state index in [1.807, 2.05) is 22.7 Å². The monoisotopic (exact) mass is 809 g/mol. The van der Waals surface area contributed by atoms with E-state index in [2.05, 4.69) is 193 Å². The minimum Gasteiger partial charge on any atom is -0.276 e. The van der Waals surface area contributed by atoms with Crippen LogP contribution in [0, 0.1) is 0 Å². The van der Waals surface area contributed by atoms with Gasteiger partial charge in [0.1, 0.15) is 0 Å². The molecule has 0 fully saturated rings. The summed E-state index contributed by atoms with van der Waals surface area (Å²) >= 11 is 3.74. The number of rotatable bonds is 3. The van der Waals surface area contributed by atoms with Crippen molar-refractivity contribution in [2.75, 3.05) is 0 Å². The number of thiophene rings is 2. The molecule has 0 aliphatic carbocycles. The molecular formula is C56H31N3S2. The largest absolute Gasteiger partial charge is 0.276 e. The summed E-state index contributed by atoms with van der Waals surface area (Å²) in [6, 6.07) is 68.7. The number of fused-ring (bicyclic) bond motifs is 17. The van der Waals surface area contributed by atoms with Crippen molar-refractivity contribution in [2.24, 2.45) is 0 Å². The van der Waals surface area contributed by atoms with Crippen LogP contribution in [-0.4, -0.2) is 14.5 Å². The van der Waals surface area contributed by atoms with E-state index in [1.165, 1.54) is 89.2 Å². The first-order valence-electron chi connectivity index (χ1n) is 20.6. The fourth-order valence-electron chi connectivity index (χ4n) is 10.1. The second-order valence-electron chi connectivity index (χ2n) is 16.0. The molecule has 4 aromatic heterocycles. The third-order valence-electron chi connectivity index (χ3n) is 12.8. The highest BCUT2D eigenvalue weighted by atomic mass is 32.1. The third kappa shape index (κ3) is 4.73. The van der Waals surface area contributed by atoms with Crippen molar-refractivity contribution < 1.29 is 0 Å². The third-order valence-corrected chi connectivity index (χ3v) is 15.1. The maximum atomic E-state index is 5.71. The first-order valence-corrected chi connectivity index (χ1v) is 22.3. The second-order valence-corrected chi connectivity index (χ2v) is 18.2. The van der Waals surface area contributed by atoms with E-state index in [-0.39, 0.29) is 0 Å². The SMILES string of the molecule is c1ccc2c(-c3nc(-n4c5ccccc5c5c6ccccc6c6c7ccc(-c8ccc9sc%10ccccc%10c9c8)cc7sc6c54)nc4ccc5ccccc5c34)cccc2c1. The summed E-state index contributed by atoms with van der Waals surface area (Å²) in [5, 5.41) is 15.9.